The highest BCUT2D eigenvalue weighted by molar-refractivity contribution is 7.80. The number of ether oxygens (including phenoxy) is 1. The Morgan fingerprint density at radius 2 is 2.00 bits per heavy atom. The molecule has 1 heterocycles. The van der Waals surface area contributed by atoms with Crippen LogP contribution >= 0.6 is 12.2 Å². The molecule has 20 heavy (non-hydrogen) atoms. The summed E-state index contributed by atoms with van der Waals surface area (Å²) in [6.45, 7) is 7.39. The van der Waals surface area contributed by atoms with Gasteiger partial charge in [-0.2, -0.15) is 0 Å². The molecule has 2 rings (SSSR count). The Balaban J connectivity index is 1.99. The highest BCUT2D eigenvalue weighted by Gasteiger charge is 2.24. The summed E-state index contributed by atoms with van der Waals surface area (Å²) in [5.74, 6) is -0.162. The van der Waals surface area contributed by atoms with Crippen LogP contribution < -0.4 is 5.32 Å². The topological polar surface area (TPSA) is 41.6 Å². The van der Waals surface area contributed by atoms with E-state index in [1.54, 1.807) is 6.07 Å². The number of thiocarbonyl (C=S) groups is 1. The molecule has 1 aromatic carbocycles. The second-order valence-electron chi connectivity index (χ2n) is 5.29. The number of carbonyl (C=O) groups is 1. The van der Waals surface area contributed by atoms with E-state index in [1.165, 1.54) is 0 Å². The minimum atomic E-state index is -0.162. The van der Waals surface area contributed by atoms with Crippen molar-refractivity contribution in [3.05, 3.63) is 35.4 Å². The van der Waals surface area contributed by atoms with Crippen molar-refractivity contribution in [1.82, 2.24) is 10.2 Å². The Morgan fingerprint density at radius 3 is 2.60 bits per heavy atom. The van der Waals surface area contributed by atoms with E-state index in [-0.39, 0.29) is 18.1 Å². The Hall–Kier alpha value is -1.46. The van der Waals surface area contributed by atoms with Gasteiger partial charge >= 0.3 is 0 Å². The predicted molar refractivity (Wildman–Crippen MR) is 82.8 cm³/mol. The predicted octanol–water partition coefficient (Wildman–Crippen LogP) is 2.12. The lowest BCUT2D eigenvalue weighted by Gasteiger charge is -2.36. The summed E-state index contributed by atoms with van der Waals surface area (Å²) < 4.78 is 5.66. The summed E-state index contributed by atoms with van der Waals surface area (Å²) in [5.41, 5.74) is 1.68. The molecule has 1 aliphatic heterocycles. The summed E-state index contributed by atoms with van der Waals surface area (Å²) in [6.07, 6.45) is 0.236. The standard InChI is InChI=1S/C15H20N2O2S/c1-10-5-4-6-13(7-10)14(18)16-15(20)17-8-11(2)19-12(3)9-17/h4-7,11-12H,8-9H2,1-3H3,(H,16,18,20). The van der Waals surface area contributed by atoms with Crippen LogP contribution in [0.1, 0.15) is 29.8 Å². The van der Waals surface area contributed by atoms with Crippen LogP contribution in [0, 0.1) is 6.92 Å². The van der Waals surface area contributed by atoms with Crippen LogP contribution in [-0.4, -0.2) is 41.2 Å². The number of hydrogen-bond acceptors (Lipinski definition) is 3. The van der Waals surface area contributed by atoms with Gasteiger partial charge in [-0.05, 0) is 45.1 Å². The molecule has 2 atom stereocenters. The van der Waals surface area contributed by atoms with Crippen molar-refractivity contribution in [3.8, 4) is 0 Å². The van der Waals surface area contributed by atoms with E-state index in [0.29, 0.717) is 23.8 Å². The number of hydrogen-bond donors (Lipinski definition) is 1. The molecule has 108 valence electrons. The van der Waals surface area contributed by atoms with E-state index in [1.807, 2.05) is 43.9 Å². The summed E-state index contributed by atoms with van der Waals surface area (Å²) in [5, 5.41) is 3.27. The fourth-order valence-electron chi connectivity index (χ4n) is 2.38. The van der Waals surface area contributed by atoms with Gasteiger partial charge in [0.1, 0.15) is 0 Å². The summed E-state index contributed by atoms with van der Waals surface area (Å²) in [6, 6.07) is 7.46. The van der Waals surface area contributed by atoms with Gasteiger partial charge in [-0.1, -0.05) is 17.7 Å². The van der Waals surface area contributed by atoms with Crippen LogP contribution in [0.2, 0.25) is 0 Å². The minimum absolute atomic E-state index is 0.118. The van der Waals surface area contributed by atoms with Gasteiger partial charge in [0.05, 0.1) is 12.2 Å². The normalized spacial score (nSPS) is 22.4. The molecule has 4 nitrogen and oxygen atoms in total. The first kappa shape index (κ1) is 14.9. The molecule has 1 fully saturated rings. The van der Waals surface area contributed by atoms with Crippen molar-refractivity contribution < 1.29 is 9.53 Å². The van der Waals surface area contributed by atoms with Gasteiger partial charge in [0, 0.05) is 18.7 Å². The number of aryl methyl sites for hydroxylation is 1. The maximum atomic E-state index is 12.2. The first-order valence-electron chi connectivity index (χ1n) is 6.78. The zero-order chi connectivity index (χ0) is 14.7. The average Bonchev–Trinajstić information content (AvgIpc) is 2.37. The van der Waals surface area contributed by atoms with Crippen molar-refractivity contribution >= 4 is 23.2 Å². The van der Waals surface area contributed by atoms with Crippen molar-refractivity contribution in [1.29, 1.82) is 0 Å². The molecule has 0 radical (unpaired) electrons. The van der Waals surface area contributed by atoms with Crippen LogP contribution in [0.15, 0.2) is 24.3 Å². The molecule has 5 heteroatoms. The molecule has 1 saturated heterocycles. The molecule has 2 unspecified atom stereocenters. The zero-order valence-electron chi connectivity index (χ0n) is 12.1. The molecule has 0 aliphatic carbocycles. The fourth-order valence-corrected chi connectivity index (χ4v) is 2.62. The molecule has 0 spiro atoms. The molecule has 1 aliphatic rings. The molecule has 1 amide bonds. The molecule has 1 N–H and O–H groups in total. The van der Waals surface area contributed by atoms with Crippen molar-refractivity contribution in [2.24, 2.45) is 0 Å². The van der Waals surface area contributed by atoms with Gasteiger partial charge in [-0.15, -0.1) is 0 Å². The Bertz CT molecular complexity index is 508. The highest BCUT2D eigenvalue weighted by atomic mass is 32.1. The minimum Gasteiger partial charge on any atom is -0.372 e. The van der Waals surface area contributed by atoms with Crippen LogP contribution in [0.4, 0.5) is 0 Å². The van der Waals surface area contributed by atoms with Crippen LogP contribution in [0.3, 0.4) is 0 Å². The second-order valence-corrected chi connectivity index (χ2v) is 5.68. The molecular formula is C15H20N2O2S. The lowest BCUT2D eigenvalue weighted by Crippen LogP contribution is -2.52. The van der Waals surface area contributed by atoms with Crippen LogP contribution in [0.25, 0.3) is 0 Å². The highest BCUT2D eigenvalue weighted by Crippen LogP contribution is 2.11. The Kier molecular flexibility index (Phi) is 4.73. The Labute approximate surface area is 125 Å². The molecular weight excluding hydrogens is 272 g/mol. The van der Waals surface area contributed by atoms with Gasteiger partial charge in [0.15, 0.2) is 5.11 Å². The van der Waals surface area contributed by atoms with E-state index in [2.05, 4.69) is 5.32 Å². The maximum Gasteiger partial charge on any atom is 0.257 e. The van der Waals surface area contributed by atoms with Gasteiger partial charge in [-0.25, -0.2) is 0 Å². The van der Waals surface area contributed by atoms with Gasteiger partial charge < -0.3 is 9.64 Å². The van der Waals surface area contributed by atoms with Gasteiger partial charge in [0.2, 0.25) is 0 Å². The number of carbonyl (C=O) groups excluding carboxylic acids is 1. The molecule has 0 bridgehead atoms. The zero-order valence-corrected chi connectivity index (χ0v) is 12.9. The summed E-state index contributed by atoms with van der Waals surface area (Å²) >= 11 is 5.33. The molecule has 0 aromatic heterocycles. The molecule has 1 aromatic rings. The first-order valence-corrected chi connectivity index (χ1v) is 7.19. The number of amides is 1. The van der Waals surface area contributed by atoms with Crippen molar-refractivity contribution in [2.75, 3.05) is 13.1 Å². The fraction of sp³-hybridized carbons (Fsp3) is 0.467. The SMILES string of the molecule is Cc1cccc(C(=O)NC(=S)N2CC(C)OC(C)C2)c1. The first-order chi connectivity index (χ1) is 9.45. The quantitative estimate of drug-likeness (QED) is 0.805. The van der Waals surface area contributed by atoms with Gasteiger partial charge in [0.25, 0.3) is 5.91 Å². The smallest absolute Gasteiger partial charge is 0.257 e. The maximum absolute atomic E-state index is 12.2. The second kappa shape index (κ2) is 6.33. The van der Waals surface area contributed by atoms with E-state index in [9.17, 15) is 4.79 Å². The largest absolute Gasteiger partial charge is 0.372 e. The number of benzene rings is 1. The van der Waals surface area contributed by atoms with Crippen molar-refractivity contribution in [3.63, 3.8) is 0 Å². The van der Waals surface area contributed by atoms with Crippen LogP contribution in [0.5, 0.6) is 0 Å². The van der Waals surface area contributed by atoms with E-state index in [0.717, 1.165) is 5.56 Å². The number of nitrogens with one attached hydrogen (secondary N) is 1. The molecule has 0 saturated carbocycles. The third-order valence-corrected chi connectivity index (χ3v) is 3.57. The Morgan fingerprint density at radius 1 is 1.35 bits per heavy atom. The third-order valence-electron chi connectivity index (χ3n) is 3.21. The van der Waals surface area contributed by atoms with Crippen LogP contribution in [-0.2, 0) is 4.74 Å². The lowest BCUT2D eigenvalue weighted by molar-refractivity contribution is -0.0481. The van der Waals surface area contributed by atoms with E-state index < -0.39 is 0 Å². The van der Waals surface area contributed by atoms with E-state index >= 15 is 0 Å². The third kappa shape index (κ3) is 3.77. The lowest BCUT2D eigenvalue weighted by atomic mass is 10.1. The monoisotopic (exact) mass is 292 g/mol. The number of rotatable bonds is 1. The van der Waals surface area contributed by atoms with E-state index in [4.69, 9.17) is 17.0 Å². The van der Waals surface area contributed by atoms with Gasteiger partial charge in [-0.3, -0.25) is 10.1 Å². The average molecular weight is 292 g/mol. The van der Waals surface area contributed by atoms with Crippen molar-refractivity contribution in [2.45, 2.75) is 33.0 Å². The number of morpholine rings is 1. The summed E-state index contributed by atoms with van der Waals surface area (Å²) in [4.78, 5) is 14.1. The number of nitrogens with zero attached hydrogens (tertiary/aromatic N) is 1. The summed E-state index contributed by atoms with van der Waals surface area (Å²) in [7, 11) is 0.